The van der Waals surface area contributed by atoms with Gasteiger partial charge in [-0.1, -0.05) is 6.07 Å². The SMILES string of the molecule is Nc1ncc2c(n1)C1(CCCN(c3ncnc4cccc(F)c34)C1)CC2. The summed E-state index contributed by atoms with van der Waals surface area (Å²) in [5, 5.41) is 0.493. The third kappa shape index (κ3) is 2.23. The van der Waals surface area contributed by atoms with Crippen molar-refractivity contribution < 1.29 is 4.39 Å². The van der Waals surface area contributed by atoms with Crippen LogP contribution < -0.4 is 10.6 Å². The Bertz CT molecular complexity index is 997. The molecule has 3 heterocycles. The summed E-state index contributed by atoms with van der Waals surface area (Å²) in [6.07, 6.45) is 7.40. The van der Waals surface area contributed by atoms with Gasteiger partial charge in [0, 0.05) is 24.7 Å². The molecule has 2 aromatic heterocycles. The molecule has 1 aliphatic carbocycles. The Hall–Kier alpha value is -2.83. The number of aromatic nitrogens is 4. The van der Waals surface area contributed by atoms with Crippen molar-refractivity contribution in [2.75, 3.05) is 23.7 Å². The van der Waals surface area contributed by atoms with Crippen molar-refractivity contribution in [2.24, 2.45) is 0 Å². The molecule has 2 N–H and O–H groups in total. The summed E-state index contributed by atoms with van der Waals surface area (Å²) in [5.41, 5.74) is 8.67. The van der Waals surface area contributed by atoms with E-state index in [0.717, 1.165) is 44.5 Å². The molecule has 6 nitrogen and oxygen atoms in total. The number of nitrogens with zero attached hydrogens (tertiary/aromatic N) is 5. The molecular formula is C19H19FN6. The fraction of sp³-hybridized carbons (Fsp3) is 0.368. The van der Waals surface area contributed by atoms with Crippen molar-refractivity contribution in [1.29, 1.82) is 0 Å². The van der Waals surface area contributed by atoms with Crippen molar-refractivity contribution in [1.82, 2.24) is 19.9 Å². The second-order valence-corrected chi connectivity index (χ2v) is 7.24. The lowest BCUT2D eigenvalue weighted by Crippen LogP contribution is -2.46. The molecule has 0 bridgehead atoms. The van der Waals surface area contributed by atoms with E-state index in [-0.39, 0.29) is 11.2 Å². The first-order chi connectivity index (χ1) is 12.7. The highest BCUT2D eigenvalue weighted by molar-refractivity contribution is 5.90. The zero-order chi connectivity index (χ0) is 17.7. The van der Waals surface area contributed by atoms with Crippen LogP contribution in [-0.4, -0.2) is 33.0 Å². The predicted octanol–water partition coefficient (Wildman–Crippen LogP) is 2.63. The van der Waals surface area contributed by atoms with Crippen LogP contribution in [0.5, 0.6) is 0 Å². The molecule has 132 valence electrons. The number of hydrogen-bond acceptors (Lipinski definition) is 6. The minimum absolute atomic E-state index is 0.0623. The Morgan fingerprint density at radius 1 is 1.15 bits per heavy atom. The largest absolute Gasteiger partial charge is 0.368 e. The Balaban J connectivity index is 1.59. The van der Waals surface area contributed by atoms with Crippen LogP contribution in [0.2, 0.25) is 0 Å². The van der Waals surface area contributed by atoms with Crippen LogP contribution in [-0.2, 0) is 11.8 Å². The van der Waals surface area contributed by atoms with E-state index in [1.54, 1.807) is 6.07 Å². The lowest BCUT2D eigenvalue weighted by molar-refractivity contribution is 0.334. The van der Waals surface area contributed by atoms with Gasteiger partial charge in [-0.2, -0.15) is 0 Å². The maximum absolute atomic E-state index is 14.5. The Morgan fingerprint density at radius 2 is 2.08 bits per heavy atom. The van der Waals surface area contributed by atoms with Gasteiger partial charge in [-0.3, -0.25) is 0 Å². The zero-order valence-corrected chi connectivity index (χ0v) is 14.3. The van der Waals surface area contributed by atoms with Gasteiger partial charge >= 0.3 is 0 Å². The smallest absolute Gasteiger partial charge is 0.220 e. The highest BCUT2D eigenvalue weighted by Crippen LogP contribution is 2.45. The first-order valence-corrected chi connectivity index (χ1v) is 8.92. The third-order valence-electron chi connectivity index (χ3n) is 5.73. The van der Waals surface area contributed by atoms with Crippen LogP contribution in [0.25, 0.3) is 10.9 Å². The molecule has 1 fully saturated rings. The minimum atomic E-state index is -0.281. The Labute approximate surface area is 150 Å². The summed E-state index contributed by atoms with van der Waals surface area (Å²) < 4.78 is 14.5. The van der Waals surface area contributed by atoms with Gasteiger partial charge in [0.1, 0.15) is 18.0 Å². The summed E-state index contributed by atoms with van der Waals surface area (Å²) >= 11 is 0. The minimum Gasteiger partial charge on any atom is -0.368 e. The van der Waals surface area contributed by atoms with E-state index in [1.165, 1.54) is 18.0 Å². The number of hydrogen-bond donors (Lipinski definition) is 1. The molecule has 7 heteroatoms. The van der Waals surface area contributed by atoms with Crippen molar-refractivity contribution in [3.05, 3.63) is 47.8 Å². The van der Waals surface area contributed by atoms with Gasteiger partial charge in [0.25, 0.3) is 0 Å². The van der Waals surface area contributed by atoms with Crippen LogP contribution in [0.1, 0.15) is 30.5 Å². The highest BCUT2D eigenvalue weighted by atomic mass is 19.1. The van der Waals surface area contributed by atoms with E-state index in [9.17, 15) is 4.39 Å². The van der Waals surface area contributed by atoms with E-state index in [1.807, 2.05) is 12.3 Å². The summed E-state index contributed by atoms with van der Waals surface area (Å²) in [7, 11) is 0. The van der Waals surface area contributed by atoms with Gasteiger partial charge in [-0.25, -0.2) is 24.3 Å². The second kappa shape index (κ2) is 5.59. The van der Waals surface area contributed by atoms with Crippen LogP contribution >= 0.6 is 0 Å². The molecule has 5 rings (SSSR count). The average molecular weight is 350 g/mol. The van der Waals surface area contributed by atoms with Crippen molar-refractivity contribution >= 4 is 22.7 Å². The first-order valence-electron chi connectivity index (χ1n) is 8.92. The molecule has 1 aromatic carbocycles. The van der Waals surface area contributed by atoms with Crippen LogP contribution in [0.4, 0.5) is 16.2 Å². The van der Waals surface area contributed by atoms with Gasteiger partial charge in [0.15, 0.2) is 0 Å². The predicted molar refractivity (Wildman–Crippen MR) is 97.4 cm³/mol. The normalized spacial score (nSPS) is 22.1. The monoisotopic (exact) mass is 350 g/mol. The molecule has 0 amide bonds. The van der Waals surface area contributed by atoms with E-state index in [0.29, 0.717) is 22.7 Å². The van der Waals surface area contributed by atoms with Crippen molar-refractivity contribution in [2.45, 2.75) is 31.1 Å². The summed E-state index contributed by atoms with van der Waals surface area (Å²) in [5.74, 6) is 0.708. The fourth-order valence-electron chi connectivity index (χ4n) is 4.56. The fourth-order valence-corrected chi connectivity index (χ4v) is 4.56. The number of piperidine rings is 1. The van der Waals surface area contributed by atoms with E-state index < -0.39 is 0 Å². The van der Waals surface area contributed by atoms with E-state index >= 15 is 0 Å². The Kier molecular flexibility index (Phi) is 3.32. The molecule has 1 spiro atoms. The van der Waals surface area contributed by atoms with Gasteiger partial charge in [-0.15, -0.1) is 0 Å². The highest BCUT2D eigenvalue weighted by Gasteiger charge is 2.44. The van der Waals surface area contributed by atoms with E-state index in [2.05, 4.69) is 24.8 Å². The summed E-state index contributed by atoms with van der Waals surface area (Å²) in [6.45, 7) is 1.61. The Morgan fingerprint density at radius 3 is 3.00 bits per heavy atom. The molecule has 1 aliphatic heterocycles. The van der Waals surface area contributed by atoms with Crippen molar-refractivity contribution in [3.8, 4) is 0 Å². The number of fused-ring (bicyclic) bond motifs is 3. The number of benzene rings is 1. The third-order valence-corrected chi connectivity index (χ3v) is 5.73. The van der Waals surface area contributed by atoms with Gasteiger partial charge in [-0.05, 0) is 43.4 Å². The molecule has 1 atom stereocenters. The number of anilines is 2. The molecule has 1 saturated heterocycles. The van der Waals surface area contributed by atoms with Crippen LogP contribution in [0.15, 0.2) is 30.7 Å². The van der Waals surface area contributed by atoms with Gasteiger partial charge in [0.2, 0.25) is 5.95 Å². The molecule has 3 aromatic rings. The van der Waals surface area contributed by atoms with Crippen LogP contribution in [0.3, 0.4) is 0 Å². The maximum atomic E-state index is 14.5. The lowest BCUT2D eigenvalue weighted by atomic mass is 9.77. The standard InChI is InChI=1S/C19H19FN6/c20-13-3-1-4-14-15(13)17(24-11-23-14)26-8-2-6-19(10-26)7-5-12-9-22-18(21)25-16(12)19/h1,3-4,9,11H,2,5-8,10H2,(H2,21,22,25). The van der Waals surface area contributed by atoms with E-state index in [4.69, 9.17) is 5.73 Å². The topological polar surface area (TPSA) is 80.8 Å². The lowest BCUT2D eigenvalue weighted by Gasteiger charge is -2.41. The zero-order valence-electron chi connectivity index (χ0n) is 14.3. The number of halogens is 1. The molecule has 0 saturated carbocycles. The maximum Gasteiger partial charge on any atom is 0.220 e. The van der Waals surface area contributed by atoms with Gasteiger partial charge in [0.05, 0.1) is 16.6 Å². The number of rotatable bonds is 1. The summed E-state index contributed by atoms with van der Waals surface area (Å²) in [6, 6.07) is 4.97. The number of aryl methyl sites for hydroxylation is 1. The summed E-state index contributed by atoms with van der Waals surface area (Å²) in [4.78, 5) is 19.6. The molecular weight excluding hydrogens is 331 g/mol. The van der Waals surface area contributed by atoms with Crippen molar-refractivity contribution in [3.63, 3.8) is 0 Å². The number of nitrogen functional groups attached to an aromatic ring is 1. The quantitative estimate of drug-likeness (QED) is 0.727. The second-order valence-electron chi connectivity index (χ2n) is 7.24. The molecule has 2 aliphatic rings. The van der Waals surface area contributed by atoms with Gasteiger partial charge < -0.3 is 10.6 Å². The number of nitrogens with two attached hydrogens (primary N) is 1. The average Bonchev–Trinajstić information content (AvgIpc) is 2.99. The van der Waals surface area contributed by atoms with Crippen LogP contribution in [0, 0.1) is 5.82 Å². The molecule has 26 heavy (non-hydrogen) atoms. The molecule has 0 radical (unpaired) electrons. The molecule has 1 unspecified atom stereocenters. The first kappa shape index (κ1) is 15.4.